The number of halogens is 1. The van der Waals surface area contributed by atoms with Crippen LogP contribution in [0.1, 0.15) is 22.3 Å². The molecule has 0 bridgehead atoms. The second kappa shape index (κ2) is 8.60. The molecule has 1 amide bonds. The van der Waals surface area contributed by atoms with E-state index in [0.717, 1.165) is 15.3 Å². The summed E-state index contributed by atoms with van der Waals surface area (Å²) in [5.74, 6) is -0.594. The molecule has 1 fully saturated rings. The highest BCUT2D eigenvalue weighted by molar-refractivity contribution is 7.89. The van der Waals surface area contributed by atoms with Crippen molar-refractivity contribution in [2.45, 2.75) is 24.4 Å². The van der Waals surface area contributed by atoms with Crippen molar-refractivity contribution in [3.63, 3.8) is 0 Å². The fourth-order valence-electron chi connectivity index (χ4n) is 3.93. The molecule has 174 valence electrons. The molecule has 3 aromatic rings. The van der Waals surface area contributed by atoms with E-state index in [0.29, 0.717) is 29.9 Å². The van der Waals surface area contributed by atoms with E-state index in [4.69, 9.17) is 0 Å². The fourth-order valence-corrected chi connectivity index (χ4v) is 4.86. The van der Waals surface area contributed by atoms with Gasteiger partial charge in [-0.25, -0.2) is 22.1 Å². The van der Waals surface area contributed by atoms with Crippen LogP contribution in [0.15, 0.2) is 47.4 Å². The molecular weight excluding hydrogens is 447 g/mol. The van der Waals surface area contributed by atoms with E-state index in [1.54, 1.807) is 29.2 Å². The van der Waals surface area contributed by atoms with Gasteiger partial charge in [-0.1, -0.05) is 0 Å². The molecule has 0 spiro atoms. The Labute approximate surface area is 191 Å². The second-order valence-electron chi connectivity index (χ2n) is 8.28. The lowest BCUT2D eigenvalue weighted by molar-refractivity contribution is 0.102. The van der Waals surface area contributed by atoms with Crippen LogP contribution in [-0.4, -0.2) is 62.1 Å². The molecule has 1 saturated heterocycles. The van der Waals surface area contributed by atoms with Crippen molar-refractivity contribution in [3.05, 3.63) is 53.6 Å². The number of alkyl halides is 1. The highest BCUT2D eigenvalue weighted by Gasteiger charge is 2.28. The number of nitrogens with one attached hydrogen (secondary N) is 1. The Morgan fingerprint density at radius 2 is 1.97 bits per heavy atom. The van der Waals surface area contributed by atoms with Crippen molar-refractivity contribution in [1.82, 2.24) is 9.29 Å². The lowest BCUT2D eigenvalue weighted by Gasteiger charge is -2.22. The van der Waals surface area contributed by atoms with Crippen molar-refractivity contribution in [3.8, 4) is 5.88 Å². The third-order valence-corrected chi connectivity index (χ3v) is 7.53. The predicted octanol–water partition coefficient (Wildman–Crippen LogP) is 3.30. The number of aromatic nitrogens is 1. The number of carbonyl (C=O) groups excluding carboxylic acids is 1. The van der Waals surface area contributed by atoms with Gasteiger partial charge in [-0.3, -0.25) is 4.79 Å². The number of amides is 1. The lowest BCUT2D eigenvalue weighted by Crippen LogP contribution is -2.26. The van der Waals surface area contributed by atoms with E-state index in [1.165, 1.54) is 32.3 Å². The minimum atomic E-state index is -3.77. The molecule has 0 aliphatic carbocycles. The molecule has 4 rings (SSSR count). The van der Waals surface area contributed by atoms with Crippen LogP contribution in [0.5, 0.6) is 5.88 Å². The molecule has 2 heterocycles. The van der Waals surface area contributed by atoms with Gasteiger partial charge >= 0.3 is 0 Å². The maximum atomic E-state index is 13.9. The number of sulfonamides is 1. The number of hydrogen-bond acceptors (Lipinski definition) is 6. The van der Waals surface area contributed by atoms with Crippen LogP contribution in [-0.2, 0) is 10.0 Å². The molecule has 1 aliphatic heterocycles. The minimum Gasteiger partial charge on any atom is -0.493 e. The van der Waals surface area contributed by atoms with E-state index in [9.17, 15) is 22.7 Å². The summed E-state index contributed by atoms with van der Waals surface area (Å²) < 4.78 is 40.2. The molecule has 2 N–H and O–H groups in total. The first-order valence-corrected chi connectivity index (χ1v) is 11.9. The van der Waals surface area contributed by atoms with Gasteiger partial charge in [-0.15, -0.1) is 0 Å². The summed E-state index contributed by atoms with van der Waals surface area (Å²) in [4.78, 5) is 19.1. The van der Waals surface area contributed by atoms with Crippen molar-refractivity contribution in [2.24, 2.45) is 0 Å². The number of fused-ring (bicyclic) bond motifs is 1. The third kappa shape index (κ3) is 4.49. The van der Waals surface area contributed by atoms with Gasteiger partial charge in [0.15, 0.2) is 0 Å². The van der Waals surface area contributed by atoms with E-state index in [1.807, 2.05) is 6.92 Å². The summed E-state index contributed by atoms with van der Waals surface area (Å²) >= 11 is 0. The van der Waals surface area contributed by atoms with Crippen LogP contribution in [0.25, 0.3) is 10.9 Å². The van der Waals surface area contributed by atoms with Gasteiger partial charge in [0, 0.05) is 50.0 Å². The number of rotatable bonds is 5. The van der Waals surface area contributed by atoms with Crippen LogP contribution in [0.3, 0.4) is 0 Å². The summed E-state index contributed by atoms with van der Waals surface area (Å²) in [5.41, 5.74) is 2.48. The number of benzene rings is 2. The van der Waals surface area contributed by atoms with Gasteiger partial charge in [-0.05, 0) is 55.3 Å². The quantitative estimate of drug-likeness (QED) is 0.591. The van der Waals surface area contributed by atoms with Gasteiger partial charge in [0.05, 0.1) is 16.0 Å². The van der Waals surface area contributed by atoms with Crippen molar-refractivity contribution < 1.29 is 22.7 Å². The first kappa shape index (κ1) is 22.9. The Hall–Kier alpha value is -3.24. The molecule has 2 aromatic carbocycles. The van der Waals surface area contributed by atoms with Crippen LogP contribution >= 0.6 is 0 Å². The molecule has 8 nitrogen and oxygen atoms in total. The summed E-state index contributed by atoms with van der Waals surface area (Å²) in [6.45, 7) is 2.40. The van der Waals surface area contributed by atoms with Crippen LogP contribution < -0.4 is 10.2 Å². The Kier molecular flexibility index (Phi) is 5.98. The molecule has 1 atom stereocenters. The predicted molar refractivity (Wildman–Crippen MR) is 125 cm³/mol. The molecule has 0 unspecified atom stereocenters. The monoisotopic (exact) mass is 472 g/mol. The number of hydrogen-bond donors (Lipinski definition) is 2. The summed E-state index contributed by atoms with van der Waals surface area (Å²) in [6, 6.07) is 10.9. The molecule has 33 heavy (non-hydrogen) atoms. The first-order chi connectivity index (χ1) is 15.6. The van der Waals surface area contributed by atoms with Crippen LogP contribution in [0.4, 0.5) is 15.8 Å². The average molecular weight is 473 g/mol. The van der Waals surface area contributed by atoms with Crippen LogP contribution in [0.2, 0.25) is 0 Å². The Bertz CT molecular complexity index is 1340. The largest absolute Gasteiger partial charge is 0.493 e. The first-order valence-electron chi connectivity index (χ1n) is 10.4. The maximum absolute atomic E-state index is 13.9. The SMILES string of the molecule is Cc1cc(O)nc2ccc(NC(=O)c3cc(S(=O)(=O)N(C)C)ccc3N3CC[C@H](F)C3)cc12. The molecule has 0 radical (unpaired) electrons. The number of aromatic hydroxyl groups is 1. The van der Waals surface area contributed by atoms with Gasteiger partial charge in [0.25, 0.3) is 5.91 Å². The summed E-state index contributed by atoms with van der Waals surface area (Å²) in [6.07, 6.45) is -0.652. The number of nitrogens with zero attached hydrogens (tertiary/aromatic N) is 3. The third-order valence-electron chi connectivity index (χ3n) is 5.72. The van der Waals surface area contributed by atoms with E-state index in [-0.39, 0.29) is 22.9 Å². The number of pyridine rings is 1. The topological polar surface area (TPSA) is 103 Å². The Morgan fingerprint density at radius 3 is 2.64 bits per heavy atom. The Balaban J connectivity index is 1.74. The lowest BCUT2D eigenvalue weighted by atomic mass is 10.1. The zero-order chi connectivity index (χ0) is 23.9. The molecule has 1 aliphatic rings. The normalized spacial score (nSPS) is 16.5. The zero-order valence-electron chi connectivity index (χ0n) is 18.5. The maximum Gasteiger partial charge on any atom is 0.257 e. The second-order valence-corrected chi connectivity index (χ2v) is 10.4. The molecular formula is C23H25FN4O4S. The minimum absolute atomic E-state index is 0.0218. The van der Waals surface area contributed by atoms with Gasteiger partial charge in [0.1, 0.15) is 6.17 Å². The zero-order valence-corrected chi connectivity index (χ0v) is 19.4. The van der Waals surface area contributed by atoms with Gasteiger partial charge < -0.3 is 15.3 Å². The van der Waals surface area contributed by atoms with E-state index in [2.05, 4.69) is 10.3 Å². The fraction of sp³-hybridized carbons (Fsp3) is 0.304. The van der Waals surface area contributed by atoms with Crippen molar-refractivity contribution in [1.29, 1.82) is 0 Å². The number of carbonyl (C=O) groups is 1. The highest BCUT2D eigenvalue weighted by Crippen LogP contribution is 2.30. The smallest absolute Gasteiger partial charge is 0.257 e. The average Bonchev–Trinajstić information content (AvgIpc) is 3.19. The molecule has 10 heteroatoms. The van der Waals surface area contributed by atoms with E-state index < -0.39 is 22.1 Å². The van der Waals surface area contributed by atoms with Gasteiger partial charge in [-0.2, -0.15) is 0 Å². The number of anilines is 2. The van der Waals surface area contributed by atoms with Gasteiger partial charge in [0.2, 0.25) is 15.9 Å². The molecule has 1 aromatic heterocycles. The Morgan fingerprint density at radius 1 is 1.21 bits per heavy atom. The van der Waals surface area contributed by atoms with Crippen molar-refractivity contribution >= 4 is 38.2 Å². The van der Waals surface area contributed by atoms with Crippen molar-refractivity contribution in [2.75, 3.05) is 37.4 Å². The summed E-state index contributed by atoms with van der Waals surface area (Å²) in [5, 5.41) is 13.3. The number of aryl methyl sites for hydroxylation is 1. The molecule has 0 saturated carbocycles. The standard InChI is InChI=1S/C23H25FN4O4S/c1-14-10-22(29)26-20-6-4-16(11-18(14)20)25-23(30)19-12-17(33(31,32)27(2)3)5-7-21(19)28-9-8-15(24)13-28/h4-7,10-12,15H,8-9,13H2,1-3H3,(H,25,30)(H,26,29)/t15-/m0/s1. The highest BCUT2D eigenvalue weighted by atomic mass is 32.2. The summed E-state index contributed by atoms with van der Waals surface area (Å²) in [7, 11) is -0.932. The van der Waals surface area contributed by atoms with Crippen LogP contribution in [0, 0.1) is 6.92 Å². The van der Waals surface area contributed by atoms with E-state index >= 15 is 0 Å².